The lowest BCUT2D eigenvalue weighted by Gasteiger charge is -2.29. The van der Waals surface area contributed by atoms with Gasteiger partial charge in [0.1, 0.15) is 6.04 Å². The number of hydrogen-bond donors (Lipinski definition) is 1. The molecule has 0 saturated carbocycles. The zero-order valence-electron chi connectivity index (χ0n) is 11.7. The van der Waals surface area contributed by atoms with E-state index in [1.165, 1.54) is 0 Å². The van der Waals surface area contributed by atoms with E-state index in [-0.39, 0.29) is 5.91 Å². The van der Waals surface area contributed by atoms with Gasteiger partial charge in [-0.1, -0.05) is 30.3 Å². The molecule has 104 valence electrons. The molecule has 1 aliphatic rings. The van der Waals surface area contributed by atoms with Gasteiger partial charge in [-0.05, 0) is 32.5 Å². The molecule has 0 radical (unpaired) electrons. The number of likely N-dealkylation sites (tertiary alicyclic amines) is 1. The minimum atomic E-state index is -0.538. The van der Waals surface area contributed by atoms with Crippen molar-refractivity contribution >= 4 is 5.91 Å². The third kappa shape index (κ3) is 3.33. The second-order valence-corrected chi connectivity index (χ2v) is 5.48. The van der Waals surface area contributed by atoms with Crippen LogP contribution in [0.1, 0.15) is 24.4 Å². The SMILES string of the molecule is CN(C)CC1CCCN1C(=O)[C@H](N)c1ccccc1. The molecule has 1 aromatic rings. The Kier molecular flexibility index (Phi) is 4.56. The Bertz CT molecular complexity index is 419. The quantitative estimate of drug-likeness (QED) is 0.887. The smallest absolute Gasteiger partial charge is 0.244 e. The highest BCUT2D eigenvalue weighted by Gasteiger charge is 2.32. The van der Waals surface area contributed by atoms with Crippen LogP contribution >= 0.6 is 0 Å². The maximum atomic E-state index is 12.5. The Balaban J connectivity index is 2.06. The lowest BCUT2D eigenvalue weighted by molar-refractivity contribution is -0.133. The van der Waals surface area contributed by atoms with Crippen LogP contribution in [0.15, 0.2) is 30.3 Å². The minimum absolute atomic E-state index is 0.0514. The number of carbonyl (C=O) groups excluding carboxylic acids is 1. The average Bonchev–Trinajstić information content (AvgIpc) is 2.85. The van der Waals surface area contributed by atoms with E-state index in [9.17, 15) is 4.79 Å². The standard InChI is InChI=1S/C15H23N3O/c1-17(2)11-13-9-6-10-18(13)15(19)14(16)12-7-4-3-5-8-12/h3-5,7-8,13-14H,6,9-11,16H2,1-2H3/t13?,14-/m1/s1. The zero-order chi connectivity index (χ0) is 13.8. The van der Waals surface area contributed by atoms with Crippen LogP contribution in [-0.4, -0.2) is 48.9 Å². The van der Waals surface area contributed by atoms with Crippen molar-refractivity contribution in [1.82, 2.24) is 9.80 Å². The Hall–Kier alpha value is -1.39. The molecule has 0 spiro atoms. The van der Waals surface area contributed by atoms with Gasteiger partial charge in [0.25, 0.3) is 0 Å². The molecule has 0 aromatic heterocycles. The summed E-state index contributed by atoms with van der Waals surface area (Å²) in [5.74, 6) is 0.0514. The highest BCUT2D eigenvalue weighted by Crippen LogP contribution is 2.22. The fourth-order valence-electron chi connectivity index (χ4n) is 2.72. The maximum Gasteiger partial charge on any atom is 0.244 e. The number of amides is 1. The number of hydrogen-bond acceptors (Lipinski definition) is 3. The first kappa shape index (κ1) is 14.0. The van der Waals surface area contributed by atoms with Crippen LogP contribution in [0.2, 0.25) is 0 Å². The highest BCUT2D eigenvalue weighted by atomic mass is 16.2. The van der Waals surface area contributed by atoms with Crippen molar-refractivity contribution in [3.05, 3.63) is 35.9 Å². The van der Waals surface area contributed by atoms with E-state index < -0.39 is 6.04 Å². The molecule has 1 amide bonds. The number of nitrogens with two attached hydrogens (primary N) is 1. The molecule has 0 bridgehead atoms. The molecule has 1 fully saturated rings. The molecule has 1 unspecified atom stereocenters. The van der Waals surface area contributed by atoms with Crippen LogP contribution in [0, 0.1) is 0 Å². The minimum Gasteiger partial charge on any atom is -0.337 e. The molecular formula is C15H23N3O. The van der Waals surface area contributed by atoms with Crippen molar-refractivity contribution in [2.45, 2.75) is 24.9 Å². The Labute approximate surface area is 115 Å². The van der Waals surface area contributed by atoms with Gasteiger partial charge >= 0.3 is 0 Å². The number of benzene rings is 1. The van der Waals surface area contributed by atoms with Crippen molar-refractivity contribution in [3.63, 3.8) is 0 Å². The van der Waals surface area contributed by atoms with E-state index in [0.717, 1.165) is 31.5 Å². The summed E-state index contributed by atoms with van der Waals surface area (Å²) < 4.78 is 0. The predicted octanol–water partition coefficient (Wildman–Crippen LogP) is 1.24. The topological polar surface area (TPSA) is 49.6 Å². The first-order valence-electron chi connectivity index (χ1n) is 6.85. The molecule has 1 saturated heterocycles. The lowest BCUT2D eigenvalue weighted by atomic mass is 10.1. The van der Waals surface area contributed by atoms with Crippen molar-refractivity contribution < 1.29 is 4.79 Å². The van der Waals surface area contributed by atoms with Crippen molar-refractivity contribution in [3.8, 4) is 0 Å². The molecule has 0 aliphatic carbocycles. The monoisotopic (exact) mass is 261 g/mol. The van der Waals surface area contributed by atoms with Gasteiger partial charge in [0, 0.05) is 19.1 Å². The number of nitrogens with zero attached hydrogens (tertiary/aromatic N) is 2. The van der Waals surface area contributed by atoms with Crippen LogP contribution < -0.4 is 5.73 Å². The molecule has 2 N–H and O–H groups in total. The van der Waals surface area contributed by atoms with E-state index in [0.29, 0.717) is 6.04 Å². The van der Waals surface area contributed by atoms with Gasteiger partial charge in [-0.25, -0.2) is 0 Å². The van der Waals surface area contributed by atoms with Crippen molar-refractivity contribution in [1.29, 1.82) is 0 Å². The number of likely N-dealkylation sites (N-methyl/N-ethyl adjacent to an activating group) is 1. The Morgan fingerprint density at radius 3 is 2.74 bits per heavy atom. The van der Waals surface area contributed by atoms with Gasteiger partial charge < -0.3 is 15.5 Å². The van der Waals surface area contributed by atoms with E-state index in [1.54, 1.807) is 0 Å². The third-order valence-electron chi connectivity index (χ3n) is 3.66. The first-order chi connectivity index (χ1) is 9.09. The fourth-order valence-corrected chi connectivity index (χ4v) is 2.72. The molecule has 4 nitrogen and oxygen atoms in total. The van der Waals surface area contributed by atoms with Crippen LogP contribution in [0.3, 0.4) is 0 Å². The molecule has 1 heterocycles. The normalized spacial score (nSPS) is 20.8. The van der Waals surface area contributed by atoms with E-state index >= 15 is 0 Å². The Morgan fingerprint density at radius 1 is 1.42 bits per heavy atom. The van der Waals surface area contributed by atoms with Crippen LogP contribution in [0.5, 0.6) is 0 Å². The summed E-state index contributed by atoms with van der Waals surface area (Å²) in [5, 5.41) is 0. The summed E-state index contributed by atoms with van der Waals surface area (Å²) in [5.41, 5.74) is 7.00. The van der Waals surface area contributed by atoms with E-state index in [2.05, 4.69) is 4.90 Å². The average molecular weight is 261 g/mol. The Morgan fingerprint density at radius 2 is 2.11 bits per heavy atom. The number of rotatable bonds is 4. The molecule has 2 rings (SSSR count). The van der Waals surface area contributed by atoms with Gasteiger partial charge in [-0.3, -0.25) is 4.79 Å². The molecule has 1 aliphatic heterocycles. The summed E-state index contributed by atoms with van der Waals surface area (Å²) in [4.78, 5) is 16.6. The second kappa shape index (κ2) is 6.17. The van der Waals surface area contributed by atoms with Crippen molar-refractivity contribution in [2.75, 3.05) is 27.2 Å². The van der Waals surface area contributed by atoms with Gasteiger partial charge in [-0.15, -0.1) is 0 Å². The predicted molar refractivity (Wildman–Crippen MR) is 76.7 cm³/mol. The molecule has 2 atom stereocenters. The second-order valence-electron chi connectivity index (χ2n) is 5.48. The molecule has 19 heavy (non-hydrogen) atoms. The van der Waals surface area contributed by atoms with E-state index in [4.69, 9.17) is 5.73 Å². The van der Waals surface area contributed by atoms with Crippen molar-refractivity contribution in [2.24, 2.45) is 5.73 Å². The summed E-state index contributed by atoms with van der Waals surface area (Å²) in [6.45, 7) is 1.74. The molecular weight excluding hydrogens is 238 g/mol. The number of carbonyl (C=O) groups is 1. The van der Waals surface area contributed by atoms with Gasteiger partial charge in [0.15, 0.2) is 0 Å². The van der Waals surface area contributed by atoms with Crippen LogP contribution in [-0.2, 0) is 4.79 Å². The van der Waals surface area contributed by atoms with Crippen LogP contribution in [0.25, 0.3) is 0 Å². The maximum absolute atomic E-state index is 12.5. The van der Waals surface area contributed by atoms with E-state index in [1.807, 2.05) is 49.3 Å². The van der Waals surface area contributed by atoms with Crippen LogP contribution in [0.4, 0.5) is 0 Å². The van der Waals surface area contributed by atoms with Gasteiger partial charge in [0.05, 0.1) is 0 Å². The lowest BCUT2D eigenvalue weighted by Crippen LogP contribution is -2.45. The molecule has 4 heteroatoms. The summed E-state index contributed by atoms with van der Waals surface area (Å²) in [7, 11) is 4.08. The highest BCUT2D eigenvalue weighted by molar-refractivity contribution is 5.83. The fraction of sp³-hybridized carbons (Fsp3) is 0.533. The molecule has 1 aromatic carbocycles. The third-order valence-corrected chi connectivity index (χ3v) is 3.66. The largest absolute Gasteiger partial charge is 0.337 e. The zero-order valence-corrected chi connectivity index (χ0v) is 11.7. The first-order valence-corrected chi connectivity index (χ1v) is 6.85. The van der Waals surface area contributed by atoms with Gasteiger partial charge in [0.2, 0.25) is 5.91 Å². The summed E-state index contributed by atoms with van der Waals surface area (Å²) >= 11 is 0. The summed E-state index contributed by atoms with van der Waals surface area (Å²) in [6.07, 6.45) is 2.15. The summed E-state index contributed by atoms with van der Waals surface area (Å²) in [6, 6.07) is 9.37. The van der Waals surface area contributed by atoms with Gasteiger partial charge in [-0.2, -0.15) is 0 Å².